The topological polar surface area (TPSA) is 45.7 Å². The molecule has 0 spiro atoms. The van der Waals surface area contributed by atoms with Crippen molar-refractivity contribution in [2.24, 2.45) is 5.92 Å². The number of fused-ring (bicyclic) bond motifs is 1. The van der Waals surface area contributed by atoms with Gasteiger partial charge in [0.15, 0.2) is 0 Å². The summed E-state index contributed by atoms with van der Waals surface area (Å²) in [5.74, 6) is 0.325. The van der Waals surface area contributed by atoms with Crippen molar-refractivity contribution in [2.75, 3.05) is 45.9 Å². The first-order valence-corrected chi connectivity index (χ1v) is 10.4. The van der Waals surface area contributed by atoms with Crippen molar-refractivity contribution in [2.45, 2.75) is 25.4 Å². The third kappa shape index (κ3) is 4.44. The summed E-state index contributed by atoms with van der Waals surface area (Å²) in [6.45, 7) is 6.40. The van der Waals surface area contributed by atoms with E-state index in [1.54, 1.807) is 18.2 Å². The predicted molar refractivity (Wildman–Crippen MR) is 107 cm³/mol. The Morgan fingerprint density at radius 2 is 1.97 bits per heavy atom. The number of halogens is 3. The normalized spacial score (nSPS) is 23.7. The summed E-state index contributed by atoms with van der Waals surface area (Å²) < 4.78 is 45.7. The maximum Gasteiger partial charge on any atom is 0.418 e. The van der Waals surface area contributed by atoms with E-state index >= 15 is 0 Å². The fourth-order valence-corrected chi connectivity index (χ4v) is 4.61. The minimum Gasteiger partial charge on any atom is -0.379 e. The van der Waals surface area contributed by atoms with Gasteiger partial charge >= 0.3 is 6.18 Å². The van der Waals surface area contributed by atoms with Gasteiger partial charge in [-0.05, 0) is 30.0 Å². The van der Waals surface area contributed by atoms with Crippen LogP contribution in [0.2, 0.25) is 0 Å². The molecule has 1 aromatic heterocycles. The molecule has 0 aliphatic carbocycles. The van der Waals surface area contributed by atoms with Crippen LogP contribution in [-0.2, 0) is 15.7 Å². The maximum absolute atomic E-state index is 13.4. The maximum atomic E-state index is 13.4. The average Bonchev–Trinajstić information content (AvgIpc) is 2.72. The number of pyridine rings is 1. The molecule has 0 unspecified atom stereocenters. The Labute approximate surface area is 173 Å². The number of alkyl halides is 3. The summed E-state index contributed by atoms with van der Waals surface area (Å²) in [6.07, 6.45) is -2.23. The fourth-order valence-electron chi connectivity index (χ4n) is 4.61. The molecular formula is C22H26F3N3O2. The highest BCUT2D eigenvalue weighted by molar-refractivity contribution is 5.86. The Morgan fingerprint density at radius 3 is 2.70 bits per heavy atom. The summed E-state index contributed by atoms with van der Waals surface area (Å²) >= 11 is 0. The predicted octanol–water partition coefficient (Wildman–Crippen LogP) is 3.54. The highest BCUT2D eigenvalue weighted by Crippen LogP contribution is 2.39. The van der Waals surface area contributed by atoms with Crippen LogP contribution in [-0.4, -0.2) is 66.6 Å². The zero-order chi connectivity index (χ0) is 21.3. The van der Waals surface area contributed by atoms with Gasteiger partial charge in [0.2, 0.25) is 5.91 Å². The highest BCUT2D eigenvalue weighted by Gasteiger charge is 2.35. The van der Waals surface area contributed by atoms with E-state index in [0.29, 0.717) is 38.2 Å². The molecule has 4 rings (SSSR count). The summed E-state index contributed by atoms with van der Waals surface area (Å²) in [6, 6.07) is 6.07. The van der Waals surface area contributed by atoms with Gasteiger partial charge in [0, 0.05) is 43.7 Å². The molecule has 0 radical (unpaired) electrons. The molecule has 1 aromatic carbocycles. The molecule has 2 aliphatic heterocycles. The van der Waals surface area contributed by atoms with Crippen LogP contribution >= 0.6 is 0 Å². The molecule has 5 nitrogen and oxygen atoms in total. The number of benzene rings is 1. The van der Waals surface area contributed by atoms with Crippen LogP contribution in [0, 0.1) is 5.92 Å². The molecule has 162 valence electrons. The van der Waals surface area contributed by atoms with Gasteiger partial charge in [-0.1, -0.05) is 19.1 Å². The number of hydrogen-bond acceptors (Lipinski definition) is 4. The van der Waals surface area contributed by atoms with Crippen molar-refractivity contribution < 1.29 is 22.7 Å². The second-order valence-electron chi connectivity index (χ2n) is 8.32. The number of morpholine rings is 1. The zero-order valence-electron chi connectivity index (χ0n) is 17.0. The smallest absolute Gasteiger partial charge is 0.379 e. The molecular weight excluding hydrogens is 395 g/mol. The molecule has 1 amide bonds. The number of nitrogens with zero attached hydrogens (tertiary/aromatic N) is 3. The number of hydrogen-bond donors (Lipinski definition) is 0. The number of likely N-dealkylation sites (tertiary alicyclic amines) is 1. The van der Waals surface area contributed by atoms with Gasteiger partial charge in [-0.3, -0.25) is 14.7 Å². The average molecular weight is 421 g/mol. The Balaban J connectivity index is 1.59. The lowest BCUT2D eigenvalue weighted by atomic mass is 9.83. The van der Waals surface area contributed by atoms with Crippen molar-refractivity contribution in [3.63, 3.8) is 0 Å². The first kappa shape index (κ1) is 21.1. The first-order valence-electron chi connectivity index (χ1n) is 10.4. The number of piperidine rings is 1. The monoisotopic (exact) mass is 421 g/mol. The number of aromatic nitrogens is 1. The van der Waals surface area contributed by atoms with Crippen LogP contribution in [0.4, 0.5) is 13.2 Å². The standard InChI is InChI=1S/C22H26F3N3O2/c1-15-11-16(13-28(12-15)20(29)14-27-7-9-30-10-8-27)17-4-5-19(22(23,24)25)21-18(17)3-2-6-26-21/h2-6,15-16H,7-14H2,1H3/t15-,16-/m1/s1. The Morgan fingerprint density at radius 1 is 1.20 bits per heavy atom. The zero-order valence-corrected chi connectivity index (χ0v) is 17.0. The second-order valence-corrected chi connectivity index (χ2v) is 8.32. The minimum atomic E-state index is -4.45. The van der Waals surface area contributed by atoms with E-state index in [-0.39, 0.29) is 23.3 Å². The Kier molecular flexibility index (Phi) is 5.97. The summed E-state index contributed by atoms with van der Waals surface area (Å²) in [7, 11) is 0. The minimum absolute atomic E-state index is 0.0172. The van der Waals surface area contributed by atoms with Crippen LogP contribution < -0.4 is 0 Å². The lowest BCUT2D eigenvalue weighted by Gasteiger charge is -2.38. The molecule has 2 aliphatic rings. The molecule has 2 fully saturated rings. The van der Waals surface area contributed by atoms with E-state index in [2.05, 4.69) is 16.8 Å². The molecule has 2 aromatic rings. The number of ether oxygens (including phenoxy) is 1. The van der Waals surface area contributed by atoms with E-state index in [9.17, 15) is 18.0 Å². The van der Waals surface area contributed by atoms with Crippen molar-refractivity contribution in [3.05, 3.63) is 41.6 Å². The molecule has 0 saturated carbocycles. The Hall–Kier alpha value is -2.19. The number of carbonyl (C=O) groups is 1. The van der Waals surface area contributed by atoms with E-state index < -0.39 is 11.7 Å². The van der Waals surface area contributed by atoms with E-state index in [1.807, 2.05) is 4.90 Å². The van der Waals surface area contributed by atoms with Gasteiger partial charge in [-0.2, -0.15) is 13.2 Å². The van der Waals surface area contributed by atoms with Crippen LogP contribution in [0.5, 0.6) is 0 Å². The van der Waals surface area contributed by atoms with Gasteiger partial charge in [-0.15, -0.1) is 0 Å². The Bertz CT molecular complexity index is 912. The van der Waals surface area contributed by atoms with Crippen molar-refractivity contribution >= 4 is 16.8 Å². The molecule has 2 saturated heterocycles. The molecule has 8 heteroatoms. The van der Waals surface area contributed by atoms with Crippen molar-refractivity contribution in [1.29, 1.82) is 0 Å². The number of carbonyl (C=O) groups excluding carboxylic acids is 1. The van der Waals surface area contributed by atoms with Crippen LogP contribution in [0.25, 0.3) is 10.9 Å². The molecule has 30 heavy (non-hydrogen) atoms. The van der Waals surface area contributed by atoms with Gasteiger partial charge < -0.3 is 9.64 Å². The number of amides is 1. The highest BCUT2D eigenvalue weighted by atomic mass is 19.4. The molecule has 0 N–H and O–H groups in total. The largest absolute Gasteiger partial charge is 0.418 e. The quantitative estimate of drug-likeness (QED) is 0.761. The molecule has 2 atom stereocenters. The van der Waals surface area contributed by atoms with Crippen molar-refractivity contribution in [1.82, 2.24) is 14.8 Å². The van der Waals surface area contributed by atoms with Crippen LogP contribution in [0.15, 0.2) is 30.5 Å². The fraction of sp³-hybridized carbons (Fsp3) is 0.545. The first-order chi connectivity index (χ1) is 14.3. The second kappa shape index (κ2) is 8.51. The van der Waals surface area contributed by atoms with Gasteiger partial charge in [-0.25, -0.2) is 0 Å². The third-order valence-electron chi connectivity index (χ3n) is 6.02. The molecule has 0 bridgehead atoms. The molecule has 3 heterocycles. The van der Waals surface area contributed by atoms with E-state index in [4.69, 9.17) is 4.74 Å². The summed E-state index contributed by atoms with van der Waals surface area (Å²) in [4.78, 5) is 20.9. The lowest BCUT2D eigenvalue weighted by molar-refractivity contribution is -0.136. The van der Waals surface area contributed by atoms with Gasteiger partial charge in [0.1, 0.15) is 0 Å². The van der Waals surface area contributed by atoms with Crippen LogP contribution in [0.1, 0.15) is 30.4 Å². The summed E-state index contributed by atoms with van der Waals surface area (Å²) in [5, 5.41) is 0.520. The number of rotatable bonds is 3. The van der Waals surface area contributed by atoms with Gasteiger partial charge in [0.25, 0.3) is 0 Å². The van der Waals surface area contributed by atoms with E-state index in [1.165, 1.54) is 6.20 Å². The van der Waals surface area contributed by atoms with Crippen LogP contribution in [0.3, 0.4) is 0 Å². The lowest BCUT2D eigenvalue weighted by Crippen LogP contribution is -2.48. The van der Waals surface area contributed by atoms with Crippen molar-refractivity contribution in [3.8, 4) is 0 Å². The summed E-state index contributed by atoms with van der Waals surface area (Å²) in [5.41, 5.74) is 0.0969. The third-order valence-corrected chi connectivity index (χ3v) is 6.02. The van der Waals surface area contributed by atoms with Gasteiger partial charge in [0.05, 0.1) is 30.8 Å². The SMILES string of the molecule is C[C@@H]1C[C@@H](c2ccc(C(F)(F)F)c3ncccc23)CN(C(=O)CN2CCOCC2)C1. The van der Waals surface area contributed by atoms with E-state index in [0.717, 1.165) is 31.1 Å².